The van der Waals surface area contributed by atoms with E-state index in [1.165, 1.54) is 39.4 Å². The molecular weight excluding hydrogens is 634 g/mol. The Bertz CT molecular complexity index is 1710. The van der Waals surface area contributed by atoms with Gasteiger partial charge in [-0.1, -0.05) is 45.9 Å². The zero-order valence-electron chi connectivity index (χ0n) is 29.3. The number of aliphatic hydroxyl groups is 2. The number of aromatic hydroxyl groups is 2. The molecule has 0 saturated heterocycles. The molecule has 0 radical (unpaired) electrons. The maximum Gasteiger partial charge on any atom is 0.312 e. The number of hydrogen-bond acceptors (Lipinski definition) is 11. The van der Waals surface area contributed by atoms with Crippen molar-refractivity contribution in [2.75, 3.05) is 12.4 Å². The highest BCUT2D eigenvalue weighted by molar-refractivity contribution is 6.20. The van der Waals surface area contributed by atoms with Gasteiger partial charge in [0.1, 0.15) is 23.4 Å². The first-order valence-electron chi connectivity index (χ1n) is 16.3. The average molecular weight is 682 g/mol. The van der Waals surface area contributed by atoms with Gasteiger partial charge in [0.05, 0.1) is 35.8 Å². The van der Waals surface area contributed by atoms with E-state index in [4.69, 9.17) is 18.9 Å². The number of Topliss-reactive ketones (excluding diaryl/α,β-unsaturated/α-hetero) is 1. The third kappa shape index (κ3) is 7.31. The standard InChI is InChI=1S/C37H47NO11/c1-17-11-10-12-18(2)36(45)38-25-16-26(40)28-24(32(25)43)15-19(3)33-29(28)35(44)37(8,49-33)47-14-13-27(46-9)20(4)34(48-23(7)39)22(6)31(42)21(5)30(17)41/h10-17,20-22,27,30-31,34,40-43H,1-9H3,(H,38,45)/b11-10+,14-13+,18-12-/t17-,20-,21-,22-,27+,30+,31-,34-,37+/m1/s1. The van der Waals surface area contributed by atoms with Gasteiger partial charge in [0.2, 0.25) is 0 Å². The van der Waals surface area contributed by atoms with E-state index in [9.17, 15) is 34.8 Å². The number of carbonyl (C=O) groups is 3. The number of ether oxygens (including phenoxy) is 4. The topological polar surface area (TPSA) is 181 Å². The van der Waals surface area contributed by atoms with Gasteiger partial charge in [-0.15, -0.1) is 0 Å². The van der Waals surface area contributed by atoms with Gasteiger partial charge in [0.25, 0.3) is 11.7 Å². The van der Waals surface area contributed by atoms with Gasteiger partial charge < -0.3 is 44.7 Å². The number of amides is 1. The molecule has 5 rings (SSSR count). The van der Waals surface area contributed by atoms with Crippen LogP contribution in [0.4, 0.5) is 5.69 Å². The second-order valence-electron chi connectivity index (χ2n) is 13.3. The first-order valence-corrected chi connectivity index (χ1v) is 16.3. The molecule has 12 nitrogen and oxygen atoms in total. The van der Waals surface area contributed by atoms with Gasteiger partial charge in [0, 0.05) is 67.0 Å². The second-order valence-corrected chi connectivity index (χ2v) is 13.3. The van der Waals surface area contributed by atoms with Crippen molar-refractivity contribution in [1.82, 2.24) is 0 Å². The fourth-order valence-corrected chi connectivity index (χ4v) is 6.59. The SMILES string of the molecule is CO[C@H]1/C=C/O[C@@]2(C)Oc3c(C)cc4c(O)c(cc(O)c4c3C2=O)NC(=O)/C(C)=C\C=C\[C@@H](C)[C@H](O)[C@@H](C)[C@@H](O)[C@@H](C)[C@H](OC(C)=O)[C@@H]1C. The highest BCUT2D eigenvalue weighted by atomic mass is 16.7. The molecule has 0 saturated carbocycles. The minimum absolute atomic E-state index is 0.00654. The maximum atomic E-state index is 13.9. The van der Waals surface area contributed by atoms with Gasteiger partial charge in [-0.3, -0.25) is 14.4 Å². The number of nitrogens with one attached hydrogen (secondary N) is 1. The van der Waals surface area contributed by atoms with Crippen LogP contribution in [0.2, 0.25) is 0 Å². The average Bonchev–Trinajstić information content (AvgIpc) is 3.32. The predicted octanol–water partition coefficient (Wildman–Crippen LogP) is 5.05. The summed E-state index contributed by atoms with van der Waals surface area (Å²) in [5, 5.41) is 47.7. The number of anilines is 1. The number of fused-ring (bicyclic) bond motifs is 14. The zero-order valence-corrected chi connectivity index (χ0v) is 29.3. The summed E-state index contributed by atoms with van der Waals surface area (Å²) in [7, 11) is 1.46. The maximum absolute atomic E-state index is 13.9. The lowest BCUT2D eigenvalue weighted by Crippen LogP contribution is -2.46. The number of allylic oxidation sites excluding steroid dienone is 2. The van der Waals surface area contributed by atoms with Crippen molar-refractivity contribution >= 4 is 34.1 Å². The van der Waals surface area contributed by atoms with E-state index in [0.29, 0.717) is 5.56 Å². The minimum atomic E-state index is -1.86. The molecule has 0 unspecified atom stereocenters. The van der Waals surface area contributed by atoms with Crippen LogP contribution < -0.4 is 10.1 Å². The van der Waals surface area contributed by atoms with Crippen LogP contribution in [-0.4, -0.2) is 75.4 Å². The Kier molecular flexibility index (Phi) is 11.2. The monoisotopic (exact) mass is 681 g/mol. The molecule has 2 aromatic rings. The van der Waals surface area contributed by atoms with Crippen LogP contribution in [0.15, 0.2) is 48.3 Å². The van der Waals surface area contributed by atoms with Crippen molar-refractivity contribution in [2.24, 2.45) is 23.7 Å². The Morgan fingerprint density at radius 2 is 1.65 bits per heavy atom. The van der Waals surface area contributed by atoms with Crippen LogP contribution in [0, 0.1) is 30.6 Å². The van der Waals surface area contributed by atoms with Crippen LogP contribution >= 0.6 is 0 Å². The number of carbonyl (C=O) groups excluding carboxylic acids is 3. The Balaban J connectivity index is 1.84. The van der Waals surface area contributed by atoms with Crippen LogP contribution in [0.25, 0.3) is 10.8 Å². The lowest BCUT2D eigenvalue weighted by Gasteiger charge is -2.38. The van der Waals surface area contributed by atoms with Crippen molar-refractivity contribution in [3.8, 4) is 17.2 Å². The molecule has 9 atom stereocenters. The Morgan fingerprint density at radius 1 is 0.980 bits per heavy atom. The summed E-state index contributed by atoms with van der Waals surface area (Å²) < 4.78 is 23.3. The lowest BCUT2D eigenvalue weighted by molar-refractivity contribution is -0.160. The summed E-state index contributed by atoms with van der Waals surface area (Å²) in [6.45, 7) is 12.9. The van der Waals surface area contributed by atoms with Gasteiger partial charge in [-0.05, 0) is 31.6 Å². The van der Waals surface area contributed by atoms with E-state index in [0.717, 1.165) is 6.07 Å². The number of aliphatic hydroxyl groups excluding tert-OH is 2. The van der Waals surface area contributed by atoms with Crippen molar-refractivity contribution < 1.29 is 53.8 Å². The number of hydrogen-bond donors (Lipinski definition) is 5. The fraction of sp³-hybridized carbons (Fsp3) is 0.486. The summed E-state index contributed by atoms with van der Waals surface area (Å²) in [5.74, 6) is -6.44. The molecule has 3 aliphatic heterocycles. The largest absolute Gasteiger partial charge is 0.507 e. The van der Waals surface area contributed by atoms with Crippen LogP contribution in [0.1, 0.15) is 64.4 Å². The number of rotatable bonds is 2. The first-order chi connectivity index (χ1) is 22.9. The Labute approximate surface area is 286 Å². The molecule has 1 amide bonds. The number of esters is 1. The number of benzene rings is 2. The summed E-state index contributed by atoms with van der Waals surface area (Å²) in [4.78, 5) is 39.2. The van der Waals surface area contributed by atoms with Crippen LogP contribution in [-0.2, 0) is 23.8 Å². The molecule has 266 valence electrons. The van der Waals surface area contributed by atoms with E-state index < -0.39 is 71.5 Å². The number of aryl methyl sites for hydroxylation is 1. The molecule has 0 aliphatic carbocycles. The molecule has 0 spiro atoms. The van der Waals surface area contributed by atoms with Crippen molar-refractivity contribution in [2.45, 2.75) is 85.6 Å². The minimum Gasteiger partial charge on any atom is -0.507 e. The first kappa shape index (κ1) is 37.4. The quantitative estimate of drug-likeness (QED) is 0.163. The molecule has 5 N–H and O–H groups in total. The lowest BCUT2D eigenvalue weighted by atomic mass is 9.78. The highest BCUT2D eigenvalue weighted by Crippen LogP contribution is 2.49. The molecule has 3 aliphatic rings. The van der Waals surface area contributed by atoms with E-state index in [1.807, 2.05) is 0 Å². The highest BCUT2D eigenvalue weighted by Gasteiger charge is 2.48. The second kappa shape index (κ2) is 14.6. The molecule has 5 bridgehead atoms. The normalized spacial score (nSPS) is 33.7. The third-order valence-corrected chi connectivity index (χ3v) is 9.66. The zero-order chi connectivity index (χ0) is 36.5. The van der Waals surface area contributed by atoms with E-state index >= 15 is 0 Å². The third-order valence-electron chi connectivity index (χ3n) is 9.66. The molecule has 12 heteroatoms. The summed E-state index contributed by atoms with van der Waals surface area (Å²) >= 11 is 0. The fourth-order valence-electron chi connectivity index (χ4n) is 6.59. The molecule has 2 aromatic carbocycles. The van der Waals surface area contributed by atoms with Crippen molar-refractivity contribution in [3.05, 3.63) is 59.4 Å². The Morgan fingerprint density at radius 3 is 2.29 bits per heavy atom. The number of ketones is 1. The number of phenols is 2. The number of methoxy groups -OCH3 is 1. The van der Waals surface area contributed by atoms with E-state index in [2.05, 4.69) is 5.32 Å². The Hall–Kier alpha value is -4.39. The summed E-state index contributed by atoms with van der Waals surface area (Å²) in [6, 6.07) is 2.70. The van der Waals surface area contributed by atoms with Gasteiger partial charge in [-0.25, -0.2) is 0 Å². The number of phenolic OH excluding ortho intramolecular Hbond substituents is 2. The predicted molar refractivity (Wildman–Crippen MR) is 182 cm³/mol. The molecule has 0 aromatic heterocycles. The smallest absolute Gasteiger partial charge is 0.312 e. The van der Waals surface area contributed by atoms with Crippen LogP contribution in [0.3, 0.4) is 0 Å². The van der Waals surface area contributed by atoms with Gasteiger partial charge in [-0.2, -0.15) is 0 Å². The molecule has 0 fully saturated rings. The summed E-state index contributed by atoms with van der Waals surface area (Å²) in [6.07, 6.45) is 3.95. The molecular formula is C37H47NO11. The van der Waals surface area contributed by atoms with Crippen LogP contribution in [0.5, 0.6) is 17.2 Å². The van der Waals surface area contributed by atoms with Gasteiger partial charge >= 0.3 is 11.8 Å². The molecule has 3 heterocycles. The summed E-state index contributed by atoms with van der Waals surface area (Å²) in [5.41, 5.74) is 0.671. The van der Waals surface area contributed by atoms with E-state index in [1.54, 1.807) is 59.8 Å². The van der Waals surface area contributed by atoms with Crippen molar-refractivity contribution in [3.63, 3.8) is 0 Å². The molecule has 49 heavy (non-hydrogen) atoms. The van der Waals surface area contributed by atoms with Gasteiger partial charge in [0.15, 0.2) is 0 Å². The van der Waals surface area contributed by atoms with E-state index in [-0.39, 0.29) is 44.8 Å². The van der Waals surface area contributed by atoms with Crippen molar-refractivity contribution in [1.29, 1.82) is 0 Å².